The van der Waals surface area contributed by atoms with Crippen LogP contribution in [0.5, 0.6) is 0 Å². The minimum atomic E-state index is -3.26. The summed E-state index contributed by atoms with van der Waals surface area (Å²) in [6, 6.07) is 5.68. The normalized spacial score (nSPS) is 11.7. The molecule has 1 heterocycles. The van der Waals surface area contributed by atoms with E-state index in [1.54, 1.807) is 11.9 Å². The molecule has 0 aliphatic carbocycles. The summed E-state index contributed by atoms with van der Waals surface area (Å²) < 4.78 is 32.4. The van der Waals surface area contributed by atoms with Crippen LogP contribution >= 0.6 is 11.7 Å². The molecule has 1 amide bonds. The molecule has 114 valence electrons. The number of nitrogens with one attached hydrogen (secondary N) is 1. The molecule has 0 saturated carbocycles. The molecule has 2 rings (SSSR count). The molecule has 9 heteroatoms. The first-order chi connectivity index (χ1) is 9.85. The number of hydrogen-bond donors (Lipinski definition) is 1. The van der Waals surface area contributed by atoms with Crippen molar-refractivity contribution in [2.75, 3.05) is 19.8 Å². The minimum absolute atomic E-state index is 0.108. The highest BCUT2D eigenvalue weighted by Gasteiger charge is 2.11. The van der Waals surface area contributed by atoms with Gasteiger partial charge in [-0.05, 0) is 17.7 Å². The fraction of sp³-hybridized carbons (Fsp3) is 0.417. The zero-order chi connectivity index (χ0) is 15.5. The van der Waals surface area contributed by atoms with Crippen LogP contribution in [0.1, 0.15) is 12.0 Å². The first-order valence-corrected chi connectivity index (χ1v) is 8.87. The summed E-state index contributed by atoms with van der Waals surface area (Å²) >= 11 is 1.15. The molecule has 0 bridgehead atoms. The van der Waals surface area contributed by atoms with Crippen molar-refractivity contribution in [1.29, 1.82) is 0 Å². The molecule has 2 aromatic rings. The van der Waals surface area contributed by atoms with E-state index in [4.69, 9.17) is 0 Å². The van der Waals surface area contributed by atoms with Crippen molar-refractivity contribution in [3.05, 3.63) is 23.8 Å². The molecular weight excluding hydrogens is 312 g/mol. The summed E-state index contributed by atoms with van der Waals surface area (Å²) in [5, 5.41) is 0. The third kappa shape index (κ3) is 4.73. The Morgan fingerprint density at radius 2 is 2.05 bits per heavy atom. The monoisotopic (exact) mass is 328 g/mol. The van der Waals surface area contributed by atoms with Crippen molar-refractivity contribution in [2.24, 2.45) is 0 Å². The van der Waals surface area contributed by atoms with E-state index in [0.29, 0.717) is 6.54 Å². The topological polar surface area (TPSA) is 92.3 Å². The van der Waals surface area contributed by atoms with E-state index in [-0.39, 0.29) is 18.9 Å². The highest BCUT2D eigenvalue weighted by molar-refractivity contribution is 7.88. The molecule has 21 heavy (non-hydrogen) atoms. The Hall–Kier alpha value is -1.58. The zero-order valence-electron chi connectivity index (χ0n) is 11.7. The van der Waals surface area contributed by atoms with Crippen LogP contribution in [-0.4, -0.2) is 47.8 Å². The molecule has 0 spiro atoms. The average Bonchev–Trinajstić information content (AvgIpc) is 2.84. The van der Waals surface area contributed by atoms with Crippen molar-refractivity contribution >= 4 is 38.7 Å². The number of fused-ring (bicyclic) bond motifs is 1. The van der Waals surface area contributed by atoms with Gasteiger partial charge in [-0.15, -0.1) is 0 Å². The first-order valence-electron chi connectivity index (χ1n) is 6.25. The van der Waals surface area contributed by atoms with Gasteiger partial charge in [0.1, 0.15) is 11.0 Å². The largest absolute Gasteiger partial charge is 0.341 e. The second-order valence-corrected chi connectivity index (χ2v) is 7.12. The molecular formula is C12H16N4O3S2. The molecule has 0 saturated heterocycles. The lowest BCUT2D eigenvalue weighted by Gasteiger charge is -2.17. The maximum absolute atomic E-state index is 11.9. The first kappa shape index (κ1) is 15.8. The van der Waals surface area contributed by atoms with Gasteiger partial charge < -0.3 is 4.90 Å². The van der Waals surface area contributed by atoms with Crippen molar-refractivity contribution in [1.82, 2.24) is 18.4 Å². The van der Waals surface area contributed by atoms with Crippen LogP contribution in [0.4, 0.5) is 0 Å². The maximum Gasteiger partial charge on any atom is 0.223 e. The summed E-state index contributed by atoms with van der Waals surface area (Å²) in [6.07, 6.45) is 1.20. The lowest BCUT2D eigenvalue weighted by Crippen LogP contribution is -2.31. The molecule has 0 fully saturated rings. The number of amides is 1. The number of aromatic nitrogens is 2. The third-order valence-electron chi connectivity index (χ3n) is 2.87. The third-order valence-corrected chi connectivity index (χ3v) is 4.15. The number of nitrogens with zero attached hydrogens (tertiary/aromatic N) is 3. The summed E-state index contributed by atoms with van der Waals surface area (Å²) in [7, 11) is -1.57. The molecule has 0 radical (unpaired) electrons. The summed E-state index contributed by atoms with van der Waals surface area (Å²) in [5.74, 6) is -0.123. The Balaban J connectivity index is 1.90. The second-order valence-electron chi connectivity index (χ2n) is 4.75. The van der Waals surface area contributed by atoms with Gasteiger partial charge in [-0.1, -0.05) is 6.07 Å². The number of benzene rings is 1. The lowest BCUT2D eigenvalue weighted by molar-refractivity contribution is -0.130. The van der Waals surface area contributed by atoms with Gasteiger partial charge in [0.25, 0.3) is 0 Å². The highest BCUT2D eigenvalue weighted by atomic mass is 32.2. The van der Waals surface area contributed by atoms with Gasteiger partial charge in [0.15, 0.2) is 0 Å². The Morgan fingerprint density at radius 3 is 2.76 bits per heavy atom. The van der Waals surface area contributed by atoms with Crippen LogP contribution in [0.25, 0.3) is 11.0 Å². The summed E-state index contributed by atoms with van der Waals surface area (Å²) in [5.41, 5.74) is 2.62. The zero-order valence-corrected chi connectivity index (χ0v) is 13.4. The van der Waals surface area contributed by atoms with Crippen LogP contribution in [0.2, 0.25) is 0 Å². The van der Waals surface area contributed by atoms with Crippen LogP contribution in [0.15, 0.2) is 18.2 Å². The van der Waals surface area contributed by atoms with E-state index in [0.717, 1.165) is 34.6 Å². The Labute approximate surface area is 127 Å². The van der Waals surface area contributed by atoms with Crippen LogP contribution in [0.3, 0.4) is 0 Å². The lowest BCUT2D eigenvalue weighted by atomic mass is 10.2. The Morgan fingerprint density at radius 1 is 1.33 bits per heavy atom. The molecule has 1 aromatic carbocycles. The van der Waals surface area contributed by atoms with Gasteiger partial charge in [0, 0.05) is 26.6 Å². The standard InChI is InChI=1S/C12H16N4O3S2/c1-16(12(17)5-6-13-21(2,18)19)8-9-3-4-10-11(7-9)15-20-14-10/h3-4,7,13H,5-6,8H2,1-2H3. The van der Waals surface area contributed by atoms with Crippen molar-refractivity contribution in [3.63, 3.8) is 0 Å². The molecule has 0 unspecified atom stereocenters. The van der Waals surface area contributed by atoms with Gasteiger partial charge in [-0.25, -0.2) is 13.1 Å². The van der Waals surface area contributed by atoms with Gasteiger partial charge >= 0.3 is 0 Å². The number of hydrogen-bond acceptors (Lipinski definition) is 6. The van der Waals surface area contributed by atoms with E-state index in [9.17, 15) is 13.2 Å². The van der Waals surface area contributed by atoms with E-state index in [2.05, 4.69) is 13.5 Å². The Bertz CT molecular complexity index is 742. The van der Waals surface area contributed by atoms with Crippen molar-refractivity contribution in [2.45, 2.75) is 13.0 Å². The number of sulfonamides is 1. The average molecular weight is 328 g/mol. The van der Waals surface area contributed by atoms with Crippen LogP contribution in [0, 0.1) is 0 Å². The Kier molecular flexibility index (Phi) is 4.86. The minimum Gasteiger partial charge on any atom is -0.341 e. The molecule has 1 N–H and O–H groups in total. The fourth-order valence-electron chi connectivity index (χ4n) is 1.82. The molecule has 7 nitrogen and oxygen atoms in total. The number of carbonyl (C=O) groups is 1. The van der Waals surface area contributed by atoms with Gasteiger partial charge in [0.2, 0.25) is 15.9 Å². The predicted octanol–water partition coefficient (Wildman–Crippen LogP) is 0.589. The smallest absolute Gasteiger partial charge is 0.223 e. The predicted molar refractivity (Wildman–Crippen MR) is 81.4 cm³/mol. The quantitative estimate of drug-likeness (QED) is 0.838. The van der Waals surface area contributed by atoms with Crippen molar-refractivity contribution in [3.8, 4) is 0 Å². The number of carbonyl (C=O) groups excluding carboxylic acids is 1. The summed E-state index contributed by atoms with van der Waals surface area (Å²) in [6.45, 7) is 0.558. The molecule has 0 aliphatic rings. The van der Waals surface area contributed by atoms with E-state index >= 15 is 0 Å². The molecule has 0 aliphatic heterocycles. The SMILES string of the molecule is CN(Cc1ccc2nsnc2c1)C(=O)CCNS(C)(=O)=O. The highest BCUT2D eigenvalue weighted by Crippen LogP contribution is 2.14. The van der Waals surface area contributed by atoms with Gasteiger partial charge in [-0.3, -0.25) is 4.79 Å². The van der Waals surface area contributed by atoms with E-state index in [1.807, 2.05) is 18.2 Å². The molecule has 0 atom stereocenters. The second kappa shape index (κ2) is 6.46. The van der Waals surface area contributed by atoms with Crippen LogP contribution in [-0.2, 0) is 21.4 Å². The maximum atomic E-state index is 11.9. The van der Waals surface area contributed by atoms with Gasteiger partial charge in [-0.2, -0.15) is 8.75 Å². The van der Waals surface area contributed by atoms with E-state index in [1.165, 1.54) is 0 Å². The van der Waals surface area contributed by atoms with Crippen LogP contribution < -0.4 is 4.72 Å². The number of rotatable bonds is 6. The van der Waals surface area contributed by atoms with E-state index < -0.39 is 10.0 Å². The fourth-order valence-corrected chi connectivity index (χ4v) is 2.81. The summed E-state index contributed by atoms with van der Waals surface area (Å²) in [4.78, 5) is 13.5. The van der Waals surface area contributed by atoms with Crippen molar-refractivity contribution < 1.29 is 13.2 Å². The van der Waals surface area contributed by atoms with Gasteiger partial charge in [0.05, 0.1) is 18.0 Å². The molecule has 1 aromatic heterocycles.